The molecule has 1 unspecified atom stereocenters. The minimum Gasteiger partial charge on any atom is -0.329 e. The summed E-state index contributed by atoms with van der Waals surface area (Å²) in [7, 11) is 0. The Bertz CT molecular complexity index is 344. The molecule has 1 aliphatic rings. The Balaban J connectivity index is 2.08. The van der Waals surface area contributed by atoms with Gasteiger partial charge in [0, 0.05) is 22.3 Å². The molecule has 2 rings (SSSR count). The fourth-order valence-corrected chi connectivity index (χ4v) is 3.40. The van der Waals surface area contributed by atoms with Crippen molar-refractivity contribution in [3.05, 3.63) is 21.9 Å². The number of nitrogens with zero attached hydrogens (tertiary/aromatic N) is 1. The first-order valence-corrected chi connectivity index (χ1v) is 7.60. The van der Waals surface area contributed by atoms with Crippen LogP contribution in [0.5, 0.6) is 0 Å². The van der Waals surface area contributed by atoms with E-state index >= 15 is 0 Å². The van der Waals surface area contributed by atoms with Gasteiger partial charge in [-0.2, -0.15) is 0 Å². The van der Waals surface area contributed by atoms with Gasteiger partial charge in [0.15, 0.2) is 0 Å². The maximum absolute atomic E-state index is 6.02. The van der Waals surface area contributed by atoms with E-state index in [2.05, 4.69) is 30.9 Å². The van der Waals surface area contributed by atoms with E-state index in [-0.39, 0.29) is 0 Å². The van der Waals surface area contributed by atoms with Crippen molar-refractivity contribution in [3.8, 4) is 0 Å². The number of hydrogen-bond donors (Lipinski definition) is 1. The molecule has 17 heavy (non-hydrogen) atoms. The first-order valence-electron chi connectivity index (χ1n) is 6.78. The summed E-state index contributed by atoms with van der Waals surface area (Å²) in [6.45, 7) is 6.40. The smallest absolute Gasteiger partial charge is 0.0566 e. The molecular weight excluding hydrogens is 228 g/mol. The Morgan fingerprint density at radius 3 is 2.71 bits per heavy atom. The van der Waals surface area contributed by atoms with E-state index in [0.29, 0.717) is 6.04 Å². The zero-order valence-electron chi connectivity index (χ0n) is 11.0. The molecule has 0 aromatic carbocycles. The zero-order chi connectivity index (χ0) is 12.3. The number of nitrogens with two attached hydrogens (primary N) is 1. The zero-order valence-corrected chi connectivity index (χ0v) is 11.8. The molecule has 96 valence electrons. The highest BCUT2D eigenvalue weighted by Crippen LogP contribution is 2.36. The van der Waals surface area contributed by atoms with Crippen LogP contribution in [0.3, 0.4) is 0 Å². The minimum absolute atomic E-state index is 0.452. The number of aryl methyl sites for hydroxylation is 1. The Hall–Kier alpha value is -0.380. The summed E-state index contributed by atoms with van der Waals surface area (Å²) >= 11 is 1.91. The molecule has 3 heteroatoms. The monoisotopic (exact) mass is 252 g/mol. The van der Waals surface area contributed by atoms with E-state index < -0.39 is 0 Å². The Morgan fingerprint density at radius 1 is 1.47 bits per heavy atom. The van der Waals surface area contributed by atoms with Crippen molar-refractivity contribution in [3.63, 3.8) is 0 Å². The van der Waals surface area contributed by atoms with Gasteiger partial charge in [-0.1, -0.05) is 13.3 Å². The Kier molecular flexibility index (Phi) is 4.60. The Labute approximate surface area is 109 Å². The van der Waals surface area contributed by atoms with E-state index in [1.54, 1.807) is 0 Å². The average Bonchev–Trinajstić information content (AvgIpc) is 3.08. The number of thiophene rings is 1. The summed E-state index contributed by atoms with van der Waals surface area (Å²) in [5.74, 6) is 0. The van der Waals surface area contributed by atoms with Crippen molar-refractivity contribution in [2.24, 2.45) is 5.73 Å². The average molecular weight is 252 g/mol. The molecule has 0 spiro atoms. The van der Waals surface area contributed by atoms with Crippen LogP contribution < -0.4 is 5.73 Å². The molecule has 2 N–H and O–H groups in total. The molecule has 1 heterocycles. The summed E-state index contributed by atoms with van der Waals surface area (Å²) < 4.78 is 0. The maximum atomic E-state index is 6.02. The summed E-state index contributed by atoms with van der Waals surface area (Å²) in [5.41, 5.74) is 6.02. The predicted molar refractivity (Wildman–Crippen MR) is 75.5 cm³/mol. The van der Waals surface area contributed by atoms with E-state index in [0.717, 1.165) is 12.6 Å². The van der Waals surface area contributed by atoms with Gasteiger partial charge in [-0.15, -0.1) is 11.3 Å². The van der Waals surface area contributed by atoms with Crippen molar-refractivity contribution in [1.29, 1.82) is 0 Å². The first kappa shape index (κ1) is 13.1. The molecule has 2 nitrogen and oxygen atoms in total. The van der Waals surface area contributed by atoms with Gasteiger partial charge in [-0.25, -0.2) is 0 Å². The van der Waals surface area contributed by atoms with Gasteiger partial charge in [-0.05, 0) is 44.9 Å². The van der Waals surface area contributed by atoms with Crippen LogP contribution in [0, 0.1) is 6.92 Å². The molecule has 1 aliphatic carbocycles. The minimum atomic E-state index is 0.452. The second-order valence-electron chi connectivity index (χ2n) is 5.02. The summed E-state index contributed by atoms with van der Waals surface area (Å²) in [5, 5.41) is 0. The topological polar surface area (TPSA) is 29.3 Å². The van der Waals surface area contributed by atoms with Crippen molar-refractivity contribution >= 4 is 11.3 Å². The van der Waals surface area contributed by atoms with E-state index in [9.17, 15) is 0 Å². The third-order valence-corrected chi connectivity index (χ3v) is 4.60. The van der Waals surface area contributed by atoms with E-state index in [1.165, 1.54) is 42.0 Å². The van der Waals surface area contributed by atoms with Gasteiger partial charge in [0.25, 0.3) is 0 Å². The molecule has 1 aromatic heterocycles. The lowest BCUT2D eigenvalue weighted by atomic mass is 10.1. The highest BCUT2D eigenvalue weighted by Gasteiger charge is 2.33. The lowest BCUT2D eigenvalue weighted by molar-refractivity contribution is 0.191. The van der Waals surface area contributed by atoms with Crippen molar-refractivity contribution in [2.75, 3.05) is 13.1 Å². The van der Waals surface area contributed by atoms with Gasteiger partial charge in [0.05, 0.1) is 6.04 Å². The molecule has 1 fully saturated rings. The number of hydrogen-bond acceptors (Lipinski definition) is 3. The van der Waals surface area contributed by atoms with E-state index in [1.807, 2.05) is 11.3 Å². The fraction of sp³-hybridized carbons (Fsp3) is 0.714. The molecule has 1 saturated carbocycles. The first-order chi connectivity index (χ1) is 8.26. The van der Waals surface area contributed by atoms with Crippen LogP contribution in [-0.2, 0) is 0 Å². The third kappa shape index (κ3) is 3.30. The standard InChI is InChI=1S/C14H24N2S/c1-3-4-9-16(12-6-7-12)13(10-15)14-8-5-11(2)17-14/h5,8,12-13H,3-4,6-7,9-10,15H2,1-2H3. The third-order valence-electron chi connectivity index (χ3n) is 3.50. The van der Waals surface area contributed by atoms with Crippen molar-refractivity contribution in [1.82, 2.24) is 4.90 Å². The number of unbranched alkanes of at least 4 members (excludes halogenated alkanes) is 1. The summed E-state index contributed by atoms with van der Waals surface area (Å²) in [6, 6.07) is 5.73. The van der Waals surface area contributed by atoms with Gasteiger partial charge in [0.1, 0.15) is 0 Å². The lowest BCUT2D eigenvalue weighted by Crippen LogP contribution is -2.35. The van der Waals surface area contributed by atoms with Crippen LogP contribution in [-0.4, -0.2) is 24.0 Å². The second kappa shape index (κ2) is 5.98. The Morgan fingerprint density at radius 2 is 2.24 bits per heavy atom. The molecule has 0 radical (unpaired) electrons. The van der Waals surface area contributed by atoms with Crippen LogP contribution in [0.25, 0.3) is 0 Å². The predicted octanol–water partition coefficient (Wildman–Crippen LogP) is 3.32. The van der Waals surface area contributed by atoms with E-state index in [4.69, 9.17) is 5.73 Å². The van der Waals surface area contributed by atoms with Crippen LogP contribution in [0.2, 0.25) is 0 Å². The molecule has 0 bridgehead atoms. The van der Waals surface area contributed by atoms with Crippen LogP contribution in [0.4, 0.5) is 0 Å². The SMILES string of the molecule is CCCCN(C1CC1)C(CN)c1ccc(C)s1. The second-order valence-corrected chi connectivity index (χ2v) is 6.34. The summed E-state index contributed by atoms with van der Waals surface area (Å²) in [4.78, 5) is 5.49. The van der Waals surface area contributed by atoms with Crippen molar-refractivity contribution < 1.29 is 0 Å². The van der Waals surface area contributed by atoms with Gasteiger partial charge < -0.3 is 5.73 Å². The molecule has 0 saturated heterocycles. The highest BCUT2D eigenvalue weighted by atomic mass is 32.1. The lowest BCUT2D eigenvalue weighted by Gasteiger charge is -2.30. The molecular formula is C14H24N2S. The highest BCUT2D eigenvalue weighted by molar-refractivity contribution is 7.12. The van der Waals surface area contributed by atoms with Crippen LogP contribution in [0.15, 0.2) is 12.1 Å². The fourth-order valence-electron chi connectivity index (χ4n) is 2.39. The molecule has 0 aliphatic heterocycles. The van der Waals surface area contributed by atoms with Gasteiger partial charge in [0.2, 0.25) is 0 Å². The normalized spacial score (nSPS) is 17.6. The van der Waals surface area contributed by atoms with Gasteiger partial charge in [-0.3, -0.25) is 4.90 Å². The van der Waals surface area contributed by atoms with Crippen molar-refractivity contribution in [2.45, 2.75) is 51.6 Å². The van der Waals surface area contributed by atoms with Crippen LogP contribution >= 0.6 is 11.3 Å². The summed E-state index contributed by atoms with van der Waals surface area (Å²) in [6.07, 6.45) is 5.29. The van der Waals surface area contributed by atoms with Crippen LogP contribution in [0.1, 0.15) is 48.4 Å². The molecule has 1 atom stereocenters. The quantitative estimate of drug-likeness (QED) is 0.806. The number of rotatable bonds is 7. The molecule has 1 aromatic rings. The largest absolute Gasteiger partial charge is 0.329 e. The molecule has 0 amide bonds. The van der Waals surface area contributed by atoms with Gasteiger partial charge >= 0.3 is 0 Å². The maximum Gasteiger partial charge on any atom is 0.0566 e.